The number of hydrogen-bond donors (Lipinski definition) is 0. The minimum absolute atomic E-state index is 0.107. The lowest BCUT2D eigenvalue weighted by molar-refractivity contribution is -0.127. The van der Waals surface area contributed by atoms with Crippen molar-refractivity contribution >= 4 is 12.0 Å². The van der Waals surface area contributed by atoms with Gasteiger partial charge in [0.2, 0.25) is 5.91 Å². The van der Waals surface area contributed by atoms with Crippen molar-refractivity contribution in [3.8, 4) is 0 Å². The molecule has 1 atom stereocenters. The molecule has 4 nitrogen and oxygen atoms in total. The molecule has 1 aromatic heterocycles. The third-order valence-corrected chi connectivity index (χ3v) is 5.74. The van der Waals surface area contributed by atoms with Crippen molar-refractivity contribution < 1.29 is 4.79 Å². The second-order valence-corrected chi connectivity index (χ2v) is 7.60. The predicted octanol–water partition coefficient (Wildman–Crippen LogP) is 4.10. The van der Waals surface area contributed by atoms with Crippen molar-refractivity contribution in [2.75, 3.05) is 13.1 Å². The summed E-state index contributed by atoms with van der Waals surface area (Å²) in [6, 6.07) is 9.99. The molecule has 1 aliphatic carbocycles. The largest absolute Gasteiger partial charge is 0.338 e. The van der Waals surface area contributed by atoms with Crippen molar-refractivity contribution in [3.63, 3.8) is 0 Å². The van der Waals surface area contributed by atoms with Crippen LogP contribution in [0.4, 0.5) is 0 Å². The maximum atomic E-state index is 12.6. The van der Waals surface area contributed by atoms with Crippen LogP contribution in [0.5, 0.6) is 0 Å². The van der Waals surface area contributed by atoms with Gasteiger partial charge in [0.05, 0.1) is 0 Å². The van der Waals surface area contributed by atoms with Gasteiger partial charge in [-0.2, -0.15) is 0 Å². The fraction of sp³-hybridized carbons (Fsp3) is 0.455. The van der Waals surface area contributed by atoms with Crippen LogP contribution in [0.1, 0.15) is 49.4 Å². The Bertz CT molecular complexity index is 761. The maximum absolute atomic E-state index is 12.6. The Morgan fingerprint density at radius 2 is 2.00 bits per heavy atom. The lowest BCUT2D eigenvalue weighted by atomic mass is 9.85. The summed E-state index contributed by atoms with van der Waals surface area (Å²) < 4.78 is 2.34. The van der Waals surface area contributed by atoms with E-state index in [1.807, 2.05) is 47.5 Å². The van der Waals surface area contributed by atoms with Gasteiger partial charge in [0, 0.05) is 44.0 Å². The molecule has 136 valence electrons. The Kier molecular flexibility index (Phi) is 5.19. The van der Waals surface area contributed by atoms with E-state index < -0.39 is 0 Å². The molecule has 2 fully saturated rings. The molecule has 2 aliphatic rings. The van der Waals surface area contributed by atoms with E-state index in [4.69, 9.17) is 0 Å². The molecular formula is C22H27N3O. The summed E-state index contributed by atoms with van der Waals surface area (Å²) in [5, 5.41) is 0. The van der Waals surface area contributed by atoms with Crippen molar-refractivity contribution in [3.05, 3.63) is 60.2 Å². The monoisotopic (exact) mass is 349 g/mol. The van der Waals surface area contributed by atoms with Gasteiger partial charge in [0.15, 0.2) is 0 Å². The topological polar surface area (TPSA) is 38.1 Å². The van der Waals surface area contributed by atoms with Crippen LogP contribution in [0.3, 0.4) is 0 Å². The zero-order chi connectivity index (χ0) is 17.8. The molecule has 0 N–H and O–H groups in total. The number of nitrogens with zero attached hydrogens (tertiary/aromatic N) is 3. The molecule has 0 radical (unpaired) electrons. The normalized spacial score (nSPS) is 21.1. The van der Waals surface area contributed by atoms with E-state index in [1.54, 1.807) is 6.08 Å². The quantitative estimate of drug-likeness (QED) is 0.762. The van der Waals surface area contributed by atoms with Gasteiger partial charge in [-0.25, -0.2) is 4.98 Å². The minimum atomic E-state index is 0.107. The highest BCUT2D eigenvalue weighted by atomic mass is 16.2. The Morgan fingerprint density at radius 3 is 2.77 bits per heavy atom. The van der Waals surface area contributed by atoms with Crippen LogP contribution in [0.15, 0.2) is 48.8 Å². The molecule has 1 saturated carbocycles. The Balaban J connectivity index is 1.40. The van der Waals surface area contributed by atoms with Gasteiger partial charge < -0.3 is 9.47 Å². The maximum Gasteiger partial charge on any atom is 0.246 e. The fourth-order valence-electron chi connectivity index (χ4n) is 4.01. The number of carbonyl (C=O) groups is 1. The third kappa shape index (κ3) is 3.90. The first kappa shape index (κ1) is 17.1. The third-order valence-electron chi connectivity index (χ3n) is 5.74. The zero-order valence-corrected chi connectivity index (χ0v) is 15.3. The summed E-state index contributed by atoms with van der Waals surface area (Å²) in [6.07, 6.45) is 13.9. The van der Waals surface area contributed by atoms with E-state index in [-0.39, 0.29) is 5.91 Å². The average molecular weight is 349 g/mol. The fourth-order valence-corrected chi connectivity index (χ4v) is 4.01. The van der Waals surface area contributed by atoms with Crippen LogP contribution >= 0.6 is 0 Å². The Labute approximate surface area is 155 Å². The number of benzene rings is 1. The van der Waals surface area contributed by atoms with Crippen LogP contribution in [-0.4, -0.2) is 33.4 Å². The standard InChI is InChI=1S/C22H27N3O/c26-21(12-11-18-6-2-1-3-7-18)24-14-5-10-20(17-24)22-23-13-15-25(22)16-19-8-4-9-19/h1-3,6-7,11-13,15,19-20H,4-5,8-10,14,16-17H2/b12-11+/t20-/m1/s1. The minimum Gasteiger partial charge on any atom is -0.338 e. The smallest absolute Gasteiger partial charge is 0.246 e. The summed E-state index contributed by atoms with van der Waals surface area (Å²) in [6.45, 7) is 2.71. The van der Waals surface area contributed by atoms with Crippen molar-refractivity contribution in [2.45, 2.75) is 44.6 Å². The lowest BCUT2D eigenvalue weighted by Gasteiger charge is -2.33. The number of aromatic nitrogens is 2. The number of hydrogen-bond acceptors (Lipinski definition) is 2. The Hall–Kier alpha value is -2.36. The number of amides is 1. The molecule has 1 aliphatic heterocycles. The molecule has 4 heteroatoms. The van der Waals surface area contributed by atoms with Crippen LogP contribution in [-0.2, 0) is 11.3 Å². The summed E-state index contributed by atoms with van der Waals surface area (Å²) in [5.41, 5.74) is 1.06. The van der Waals surface area contributed by atoms with E-state index in [1.165, 1.54) is 25.1 Å². The van der Waals surface area contributed by atoms with Crippen molar-refractivity contribution in [1.82, 2.24) is 14.5 Å². The summed E-state index contributed by atoms with van der Waals surface area (Å²) in [7, 11) is 0. The molecule has 2 heterocycles. The first-order valence-electron chi connectivity index (χ1n) is 9.82. The second-order valence-electron chi connectivity index (χ2n) is 7.60. The molecule has 0 bridgehead atoms. The van der Waals surface area contributed by atoms with Gasteiger partial charge in [-0.15, -0.1) is 0 Å². The van der Waals surface area contributed by atoms with Gasteiger partial charge in [0.25, 0.3) is 0 Å². The molecule has 1 amide bonds. The van der Waals surface area contributed by atoms with Gasteiger partial charge in [-0.1, -0.05) is 36.8 Å². The SMILES string of the molecule is O=C(/C=C/c1ccccc1)N1CCC[C@@H](c2nccn2CC2CCC2)C1. The first-order valence-corrected chi connectivity index (χ1v) is 9.82. The van der Waals surface area contributed by atoms with Crippen LogP contribution < -0.4 is 0 Å². The molecular weight excluding hydrogens is 322 g/mol. The number of likely N-dealkylation sites (tertiary alicyclic amines) is 1. The molecule has 4 rings (SSSR count). The molecule has 0 spiro atoms. The molecule has 0 unspecified atom stereocenters. The number of rotatable bonds is 5. The highest BCUT2D eigenvalue weighted by Crippen LogP contribution is 2.31. The van der Waals surface area contributed by atoms with E-state index >= 15 is 0 Å². The van der Waals surface area contributed by atoms with E-state index in [0.29, 0.717) is 5.92 Å². The first-order chi connectivity index (χ1) is 12.8. The number of imidazole rings is 1. The second kappa shape index (κ2) is 7.90. The lowest BCUT2D eigenvalue weighted by Crippen LogP contribution is -2.39. The van der Waals surface area contributed by atoms with E-state index in [2.05, 4.69) is 15.7 Å². The zero-order valence-electron chi connectivity index (χ0n) is 15.3. The van der Waals surface area contributed by atoms with Crippen LogP contribution in [0.2, 0.25) is 0 Å². The molecule has 26 heavy (non-hydrogen) atoms. The van der Waals surface area contributed by atoms with Gasteiger partial charge >= 0.3 is 0 Å². The van der Waals surface area contributed by atoms with Gasteiger partial charge in [-0.3, -0.25) is 4.79 Å². The Morgan fingerprint density at radius 1 is 1.15 bits per heavy atom. The summed E-state index contributed by atoms with van der Waals surface area (Å²) in [5.74, 6) is 2.45. The molecule has 1 saturated heterocycles. The highest BCUT2D eigenvalue weighted by molar-refractivity contribution is 5.91. The molecule has 1 aromatic carbocycles. The summed E-state index contributed by atoms with van der Waals surface area (Å²) >= 11 is 0. The van der Waals surface area contributed by atoms with Crippen LogP contribution in [0, 0.1) is 5.92 Å². The van der Waals surface area contributed by atoms with Gasteiger partial charge in [0.1, 0.15) is 5.82 Å². The molecule has 2 aromatic rings. The summed E-state index contributed by atoms with van der Waals surface area (Å²) in [4.78, 5) is 19.2. The number of carbonyl (C=O) groups excluding carboxylic acids is 1. The van der Waals surface area contributed by atoms with Crippen LogP contribution in [0.25, 0.3) is 6.08 Å². The van der Waals surface area contributed by atoms with E-state index in [9.17, 15) is 4.79 Å². The average Bonchev–Trinajstić information content (AvgIpc) is 3.12. The van der Waals surface area contributed by atoms with Gasteiger partial charge in [-0.05, 0) is 43.2 Å². The van der Waals surface area contributed by atoms with Crippen molar-refractivity contribution in [1.29, 1.82) is 0 Å². The van der Waals surface area contributed by atoms with E-state index in [0.717, 1.165) is 44.0 Å². The predicted molar refractivity (Wildman–Crippen MR) is 104 cm³/mol. The number of piperidine rings is 1. The highest BCUT2D eigenvalue weighted by Gasteiger charge is 2.27. The van der Waals surface area contributed by atoms with Crippen molar-refractivity contribution in [2.24, 2.45) is 5.92 Å².